The predicted octanol–water partition coefficient (Wildman–Crippen LogP) is 6.92. The van der Waals surface area contributed by atoms with E-state index in [1.54, 1.807) is 49.6 Å². The summed E-state index contributed by atoms with van der Waals surface area (Å²) in [6.07, 6.45) is 0.569. The van der Waals surface area contributed by atoms with Crippen molar-refractivity contribution in [2.45, 2.75) is 13.0 Å². The molecule has 176 valence electrons. The Morgan fingerprint density at radius 3 is 2.65 bits per heavy atom. The Morgan fingerprint density at radius 2 is 1.91 bits per heavy atom. The Labute approximate surface area is 215 Å². The predicted molar refractivity (Wildman–Crippen MR) is 135 cm³/mol. The maximum atomic E-state index is 12.7. The number of methoxy groups -OCH3 is 1. The number of carbonyl (C=O) groups is 1. The number of carbonyl (C=O) groups excluding carboxylic acids is 1. The molecule has 0 bridgehead atoms. The summed E-state index contributed by atoms with van der Waals surface area (Å²) in [5.41, 5.74) is 1.93. The fourth-order valence-corrected chi connectivity index (χ4v) is 4.65. The number of nitrogens with zero attached hydrogens (tertiary/aromatic N) is 1. The van der Waals surface area contributed by atoms with Gasteiger partial charge < -0.3 is 19.3 Å². The zero-order valence-corrected chi connectivity index (χ0v) is 21.0. The highest BCUT2D eigenvalue weighted by Gasteiger charge is 2.14. The number of hydrogen-bond acceptors (Lipinski definition) is 6. The second-order valence-electron chi connectivity index (χ2n) is 7.17. The number of ether oxygens (including phenoxy) is 2. The minimum atomic E-state index is -0.281. The van der Waals surface area contributed by atoms with Crippen LogP contribution in [-0.2, 0) is 13.0 Å². The number of hydrogen-bond donors (Lipinski definition) is 1. The van der Waals surface area contributed by atoms with E-state index in [0.717, 1.165) is 10.4 Å². The van der Waals surface area contributed by atoms with Crippen LogP contribution in [0, 0.1) is 0 Å². The monoisotopic (exact) mass is 536 g/mol. The van der Waals surface area contributed by atoms with Crippen LogP contribution in [-0.4, -0.2) is 24.8 Å². The highest BCUT2D eigenvalue weighted by atomic mass is 35.5. The molecule has 0 radical (unpaired) electrons. The molecule has 1 N–H and O–H groups in total. The van der Waals surface area contributed by atoms with Gasteiger partial charge in [0.2, 0.25) is 0 Å². The molecule has 10 heteroatoms. The summed E-state index contributed by atoms with van der Waals surface area (Å²) in [5.74, 6) is 1.30. The minimum absolute atomic E-state index is 0.207. The van der Waals surface area contributed by atoms with E-state index in [-0.39, 0.29) is 12.5 Å². The highest BCUT2D eigenvalue weighted by molar-refractivity contribution is 7.19. The zero-order chi connectivity index (χ0) is 24.1. The fraction of sp³-hybridized carbons (Fsp3) is 0.167. The van der Waals surface area contributed by atoms with Gasteiger partial charge in [0.05, 0.1) is 29.5 Å². The smallest absolute Gasteiger partial charge is 0.251 e. The molecule has 1 amide bonds. The summed E-state index contributed by atoms with van der Waals surface area (Å²) in [5, 5.41) is 7.99. The van der Waals surface area contributed by atoms with Crippen LogP contribution in [0.2, 0.25) is 14.4 Å². The lowest BCUT2D eigenvalue weighted by Gasteiger charge is -2.13. The minimum Gasteiger partial charge on any atom is -0.493 e. The molecule has 6 nitrogen and oxygen atoms in total. The molecule has 0 unspecified atom stereocenters. The molecule has 0 atom stereocenters. The molecule has 0 spiro atoms. The first-order valence-corrected chi connectivity index (χ1v) is 12.1. The van der Waals surface area contributed by atoms with E-state index in [4.69, 9.17) is 48.8 Å². The van der Waals surface area contributed by atoms with Crippen molar-refractivity contribution in [3.05, 3.63) is 85.8 Å². The van der Waals surface area contributed by atoms with Crippen LogP contribution >= 0.6 is 46.1 Å². The molecule has 2 aromatic carbocycles. The molecule has 2 heterocycles. The number of nitrogens with one attached hydrogen (secondary N) is 1. The molecule has 0 fully saturated rings. The summed E-state index contributed by atoms with van der Waals surface area (Å²) in [6, 6.07) is 15.7. The Hall–Kier alpha value is -2.71. The third-order valence-electron chi connectivity index (χ3n) is 4.87. The lowest BCUT2D eigenvalue weighted by atomic mass is 10.1. The maximum absolute atomic E-state index is 12.7. The summed E-state index contributed by atoms with van der Waals surface area (Å²) < 4.78 is 17.3. The van der Waals surface area contributed by atoms with Crippen molar-refractivity contribution in [1.82, 2.24) is 10.5 Å². The van der Waals surface area contributed by atoms with E-state index < -0.39 is 0 Å². The number of aromatic nitrogens is 1. The van der Waals surface area contributed by atoms with Gasteiger partial charge in [-0.05, 0) is 48.0 Å². The van der Waals surface area contributed by atoms with Crippen LogP contribution < -0.4 is 14.8 Å². The quantitative estimate of drug-likeness (QED) is 0.251. The average molecular weight is 538 g/mol. The highest BCUT2D eigenvalue weighted by Crippen LogP contribution is 2.32. The number of amides is 1. The average Bonchev–Trinajstić information content (AvgIpc) is 3.47. The molecule has 34 heavy (non-hydrogen) atoms. The maximum Gasteiger partial charge on any atom is 0.251 e. The first-order valence-electron chi connectivity index (χ1n) is 10.2. The van der Waals surface area contributed by atoms with Gasteiger partial charge in [-0.3, -0.25) is 4.79 Å². The molecule has 2 aromatic heterocycles. The third-order valence-corrected chi connectivity index (χ3v) is 6.71. The van der Waals surface area contributed by atoms with Crippen LogP contribution in [0.4, 0.5) is 0 Å². The standard InChI is InChI=1S/C24H19Cl3N2O4S/c1-31-19-5-3-15(10-20(19)32-9-8-14-2-4-16(25)11-18(14)26)24(30)28-13-17-12-21(33-29-17)22-6-7-23(27)34-22/h2-7,10-12H,8-9,13H2,1H3,(H,28,30). The van der Waals surface area contributed by atoms with Gasteiger partial charge in [0.1, 0.15) is 5.69 Å². The van der Waals surface area contributed by atoms with E-state index >= 15 is 0 Å². The van der Waals surface area contributed by atoms with Gasteiger partial charge in [-0.2, -0.15) is 0 Å². The number of benzene rings is 2. The van der Waals surface area contributed by atoms with Crippen molar-refractivity contribution in [3.63, 3.8) is 0 Å². The molecule has 0 aliphatic carbocycles. The molecule has 0 aliphatic heterocycles. The summed E-state index contributed by atoms with van der Waals surface area (Å²) in [7, 11) is 1.54. The topological polar surface area (TPSA) is 73.6 Å². The molecular weight excluding hydrogens is 519 g/mol. The van der Waals surface area contributed by atoms with Gasteiger partial charge in [-0.15, -0.1) is 11.3 Å². The lowest BCUT2D eigenvalue weighted by molar-refractivity contribution is 0.0949. The molecule has 0 aliphatic rings. The van der Waals surface area contributed by atoms with E-state index in [9.17, 15) is 4.79 Å². The van der Waals surface area contributed by atoms with Crippen molar-refractivity contribution < 1.29 is 18.8 Å². The Morgan fingerprint density at radius 1 is 1.06 bits per heavy atom. The normalized spacial score (nSPS) is 10.8. The van der Waals surface area contributed by atoms with Gasteiger partial charge in [0, 0.05) is 28.1 Å². The van der Waals surface area contributed by atoms with E-state index in [0.29, 0.717) is 55.9 Å². The lowest BCUT2D eigenvalue weighted by Crippen LogP contribution is -2.23. The van der Waals surface area contributed by atoms with Gasteiger partial charge in [-0.25, -0.2) is 0 Å². The van der Waals surface area contributed by atoms with Crippen molar-refractivity contribution in [2.75, 3.05) is 13.7 Å². The van der Waals surface area contributed by atoms with Crippen molar-refractivity contribution >= 4 is 52.0 Å². The third kappa shape index (κ3) is 6.04. The van der Waals surface area contributed by atoms with E-state index in [1.807, 2.05) is 12.1 Å². The van der Waals surface area contributed by atoms with Gasteiger partial charge in [0.25, 0.3) is 5.91 Å². The molecular formula is C24H19Cl3N2O4S. The second-order valence-corrected chi connectivity index (χ2v) is 9.73. The van der Waals surface area contributed by atoms with E-state index in [2.05, 4.69) is 10.5 Å². The van der Waals surface area contributed by atoms with Crippen LogP contribution in [0.15, 0.2) is 59.1 Å². The van der Waals surface area contributed by atoms with Crippen LogP contribution in [0.25, 0.3) is 10.6 Å². The SMILES string of the molecule is COc1ccc(C(=O)NCc2cc(-c3ccc(Cl)s3)on2)cc1OCCc1ccc(Cl)cc1Cl. The Kier molecular flexibility index (Phi) is 8.00. The van der Waals surface area contributed by atoms with Crippen molar-refractivity contribution in [1.29, 1.82) is 0 Å². The zero-order valence-electron chi connectivity index (χ0n) is 17.9. The summed E-state index contributed by atoms with van der Waals surface area (Å²) >= 11 is 19.5. The molecule has 0 saturated carbocycles. The molecule has 0 saturated heterocycles. The van der Waals surface area contributed by atoms with Crippen LogP contribution in [0.5, 0.6) is 11.5 Å². The first-order chi connectivity index (χ1) is 16.4. The van der Waals surface area contributed by atoms with Gasteiger partial charge >= 0.3 is 0 Å². The Balaban J connectivity index is 1.37. The number of halogens is 3. The van der Waals surface area contributed by atoms with Crippen LogP contribution in [0.3, 0.4) is 0 Å². The fourth-order valence-electron chi connectivity index (χ4n) is 3.16. The first kappa shape index (κ1) is 24.4. The summed E-state index contributed by atoms with van der Waals surface area (Å²) in [4.78, 5) is 13.6. The van der Waals surface area contributed by atoms with Crippen molar-refractivity contribution in [3.8, 4) is 22.1 Å². The second kappa shape index (κ2) is 11.1. The number of rotatable bonds is 9. The Bertz CT molecular complexity index is 1310. The van der Waals surface area contributed by atoms with Gasteiger partial charge in [-0.1, -0.05) is 46.0 Å². The molecule has 4 aromatic rings. The number of thiophene rings is 1. The molecule has 4 rings (SSSR count). The van der Waals surface area contributed by atoms with Crippen LogP contribution in [0.1, 0.15) is 21.6 Å². The van der Waals surface area contributed by atoms with Gasteiger partial charge in [0.15, 0.2) is 17.3 Å². The van der Waals surface area contributed by atoms with E-state index in [1.165, 1.54) is 11.3 Å². The largest absolute Gasteiger partial charge is 0.493 e. The summed E-state index contributed by atoms with van der Waals surface area (Å²) in [6.45, 7) is 0.552. The van der Waals surface area contributed by atoms with Crippen molar-refractivity contribution in [2.24, 2.45) is 0 Å².